The largest absolute Gasteiger partial charge is 0.481 e. The van der Waals surface area contributed by atoms with Gasteiger partial charge < -0.3 is 14.4 Å². The molecule has 7 nitrogen and oxygen atoms in total. The molecule has 5 rings (SSSR count). The maximum atomic E-state index is 14.2. The van der Waals surface area contributed by atoms with Crippen molar-refractivity contribution in [1.29, 1.82) is 0 Å². The molecule has 0 radical (unpaired) electrons. The molecule has 0 saturated heterocycles. The third-order valence-electron chi connectivity index (χ3n) is 7.12. The summed E-state index contributed by atoms with van der Waals surface area (Å²) in [4.78, 5) is 16.7. The van der Waals surface area contributed by atoms with Crippen molar-refractivity contribution in [3.05, 3.63) is 53.1 Å². The lowest BCUT2D eigenvalue weighted by molar-refractivity contribution is -0.141. The molecule has 3 aromatic heterocycles. The SMILES string of the molecule is COCC(C)(C)c1c([C@@H]2CC[C@@H](C(=O)O)C2)c2nc3[nH]ncc3cc2n1-c1ccc(F)c(C)c1. The number of carboxylic acid groups (broad SMARTS) is 1. The molecule has 1 aliphatic rings. The van der Waals surface area contributed by atoms with Crippen LogP contribution < -0.4 is 0 Å². The number of benzene rings is 1. The molecule has 178 valence electrons. The number of nitrogens with one attached hydrogen (secondary N) is 1. The number of aromatic nitrogens is 4. The van der Waals surface area contributed by atoms with E-state index in [1.165, 1.54) is 6.07 Å². The van der Waals surface area contributed by atoms with Gasteiger partial charge in [0.25, 0.3) is 0 Å². The zero-order valence-electron chi connectivity index (χ0n) is 19.9. The topological polar surface area (TPSA) is 93.0 Å². The number of hydrogen-bond acceptors (Lipinski definition) is 4. The molecular formula is C26H29FN4O3. The van der Waals surface area contributed by atoms with Crippen LogP contribution in [0, 0.1) is 18.7 Å². The molecule has 2 N–H and O–H groups in total. The van der Waals surface area contributed by atoms with Crippen molar-refractivity contribution < 1.29 is 19.0 Å². The Morgan fingerprint density at radius 1 is 1.32 bits per heavy atom. The number of aliphatic carboxylic acids is 1. The zero-order chi connectivity index (χ0) is 24.2. The summed E-state index contributed by atoms with van der Waals surface area (Å²) < 4.78 is 22.0. The van der Waals surface area contributed by atoms with Gasteiger partial charge in [-0.25, -0.2) is 9.37 Å². The van der Waals surface area contributed by atoms with Gasteiger partial charge in [0.15, 0.2) is 5.65 Å². The number of methoxy groups -OCH3 is 1. The van der Waals surface area contributed by atoms with Crippen molar-refractivity contribution in [3.63, 3.8) is 0 Å². The lowest BCUT2D eigenvalue weighted by Gasteiger charge is -2.29. The minimum atomic E-state index is -0.748. The average Bonchev–Trinajstić information content (AvgIpc) is 3.50. The predicted octanol–water partition coefficient (Wildman–Crippen LogP) is 5.24. The first-order valence-corrected chi connectivity index (χ1v) is 11.6. The molecule has 0 unspecified atom stereocenters. The summed E-state index contributed by atoms with van der Waals surface area (Å²) in [5, 5.41) is 17.7. The number of fused-ring (bicyclic) bond motifs is 2. The number of aryl methyl sites for hydroxylation is 1. The summed E-state index contributed by atoms with van der Waals surface area (Å²) in [5.41, 5.74) is 5.47. The first-order valence-electron chi connectivity index (χ1n) is 11.6. The molecule has 8 heteroatoms. The van der Waals surface area contributed by atoms with Gasteiger partial charge in [0.1, 0.15) is 5.82 Å². The number of rotatable bonds is 6. The van der Waals surface area contributed by atoms with E-state index in [2.05, 4.69) is 34.7 Å². The Morgan fingerprint density at radius 2 is 2.12 bits per heavy atom. The second kappa shape index (κ2) is 8.20. The minimum absolute atomic E-state index is 0.0467. The lowest BCUT2D eigenvalue weighted by Crippen LogP contribution is -2.28. The second-order valence-electron chi connectivity index (χ2n) is 10.1. The van der Waals surface area contributed by atoms with E-state index in [1.807, 2.05) is 6.07 Å². The van der Waals surface area contributed by atoms with E-state index in [0.717, 1.165) is 39.8 Å². The third-order valence-corrected chi connectivity index (χ3v) is 7.12. The highest BCUT2D eigenvalue weighted by atomic mass is 19.1. The van der Waals surface area contributed by atoms with Crippen LogP contribution in [-0.4, -0.2) is 44.5 Å². The summed E-state index contributed by atoms with van der Waals surface area (Å²) in [6.07, 6.45) is 3.72. The highest BCUT2D eigenvalue weighted by Crippen LogP contribution is 2.47. The van der Waals surface area contributed by atoms with E-state index in [-0.39, 0.29) is 17.7 Å². The summed E-state index contributed by atoms with van der Waals surface area (Å²) in [6, 6.07) is 7.17. The number of aromatic amines is 1. The van der Waals surface area contributed by atoms with E-state index in [0.29, 0.717) is 30.7 Å². The molecule has 0 amide bonds. The average molecular weight is 465 g/mol. The van der Waals surface area contributed by atoms with Gasteiger partial charge in [0.2, 0.25) is 0 Å². The molecule has 1 saturated carbocycles. The van der Waals surface area contributed by atoms with Crippen LogP contribution >= 0.6 is 0 Å². The number of H-pyrrole nitrogens is 1. The van der Waals surface area contributed by atoms with Gasteiger partial charge in [-0.05, 0) is 61.9 Å². The van der Waals surface area contributed by atoms with Crippen molar-refractivity contribution in [3.8, 4) is 5.69 Å². The van der Waals surface area contributed by atoms with E-state index < -0.39 is 11.4 Å². The molecule has 1 aliphatic carbocycles. The van der Waals surface area contributed by atoms with Gasteiger partial charge in [-0.1, -0.05) is 13.8 Å². The maximum absolute atomic E-state index is 14.2. The van der Waals surface area contributed by atoms with Gasteiger partial charge in [-0.3, -0.25) is 9.89 Å². The molecule has 0 aliphatic heterocycles. The Bertz CT molecular complexity index is 1400. The van der Waals surface area contributed by atoms with Crippen molar-refractivity contribution in [2.45, 2.75) is 51.4 Å². The monoisotopic (exact) mass is 464 g/mol. The fourth-order valence-electron chi connectivity index (χ4n) is 5.58. The van der Waals surface area contributed by atoms with Gasteiger partial charge in [0.05, 0.1) is 29.8 Å². The standard InChI is InChI=1S/C26H29FN4O3/c1-14-9-18(7-8-19(14)27)31-20-11-17-12-28-30-24(17)29-22(20)21(23(31)26(2,3)13-34-4)15-5-6-16(10-15)25(32)33/h7-9,11-12,15-16H,5-6,10,13H2,1-4H3,(H,32,33)(H,28,29,30)/t15-,16-/m1/s1. The second-order valence-corrected chi connectivity index (χ2v) is 10.1. The van der Waals surface area contributed by atoms with Crippen LogP contribution in [0.3, 0.4) is 0 Å². The Balaban J connectivity index is 1.88. The van der Waals surface area contributed by atoms with E-state index in [9.17, 15) is 14.3 Å². The van der Waals surface area contributed by atoms with Crippen molar-refractivity contribution in [1.82, 2.24) is 19.7 Å². The van der Waals surface area contributed by atoms with Gasteiger partial charge in [-0.2, -0.15) is 5.10 Å². The Kier molecular flexibility index (Phi) is 5.43. The first kappa shape index (κ1) is 22.5. The highest BCUT2D eigenvalue weighted by molar-refractivity contribution is 5.94. The van der Waals surface area contributed by atoms with Gasteiger partial charge in [-0.15, -0.1) is 0 Å². The van der Waals surface area contributed by atoms with Crippen LogP contribution in [0.1, 0.15) is 55.8 Å². The van der Waals surface area contributed by atoms with E-state index in [4.69, 9.17) is 9.72 Å². The quantitative estimate of drug-likeness (QED) is 0.407. The van der Waals surface area contributed by atoms with Crippen LogP contribution in [0.2, 0.25) is 0 Å². The Hall–Kier alpha value is -3.26. The summed E-state index contributed by atoms with van der Waals surface area (Å²) in [6.45, 7) is 6.47. The lowest BCUT2D eigenvalue weighted by atomic mass is 9.82. The molecule has 4 aromatic rings. The molecule has 34 heavy (non-hydrogen) atoms. The minimum Gasteiger partial charge on any atom is -0.481 e. The van der Waals surface area contributed by atoms with Crippen LogP contribution in [0.15, 0.2) is 30.5 Å². The highest BCUT2D eigenvalue weighted by Gasteiger charge is 2.39. The number of pyridine rings is 1. The number of carbonyl (C=O) groups is 1. The van der Waals surface area contributed by atoms with Gasteiger partial charge in [0, 0.05) is 34.9 Å². The van der Waals surface area contributed by atoms with Crippen LogP contribution in [0.5, 0.6) is 0 Å². The van der Waals surface area contributed by atoms with Crippen molar-refractivity contribution >= 4 is 28.0 Å². The van der Waals surface area contributed by atoms with Crippen LogP contribution in [0.4, 0.5) is 4.39 Å². The number of ether oxygens (including phenoxy) is 1. The molecule has 2 atom stereocenters. The molecule has 0 spiro atoms. The number of nitrogens with zero attached hydrogens (tertiary/aromatic N) is 3. The molecular weight excluding hydrogens is 435 g/mol. The van der Waals surface area contributed by atoms with Crippen LogP contribution in [-0.2, 0) is 14.9 Å². The Labute approximate surface area is 196 Å². The first-order chi connectivity index (χ1) is 16.2. The normalized spacial score (nSPS) is 18.9. The number of halogens is 1. The van der Waals surface area contributed by atoms with Gasteiger partial charge >= 0.3 is 5.97 Å². The van der Waals surface area contributed by atoms with E-state index in [1.54, 1.807) is 26.3 Å². The molecule has 1 aromatic carbocycles. The number of hydrogen-bond donors (Lipinski definition) is 2. The molecule has 1 fully saturated rings. The molecule has 0 bridgehead atoms. The summed E-state index contributed by atoms with van der Waals surface area (Å²) in [7, 11) is 1.68. The fraction of sp³-hybridized carbons (Fsp3) is 0.423. The Morgan fingerprint density at radius 3 is 2.79 bits per heavy atom. The van der Waals surface area contributed by atoms with Crippen molar-refractivity contribution in [2.24, 2.45) is 5.92 Å². The summed E-state index contributed by atoms with van der Waals surface area (Å²) in [5.74, 6) is -1.33. The predicted molar refractivity (Wildman–Crippen MR) is 128 cm³/mol. The van der Waals surface area contributed by atoms with Crippen LogP contribution in [0.25, 0.3) is 27.8 Å². The maximum Gasteiger partial charge on any atom is 0.306 e. The number of carboxylic acids is 1. The zero-order valence-corrected chi connectivity index (χ0v) is 19.9. The third kappa shape index (κ3) is 3.57. The van der Waals surface area contributed by atoms with E-state index >= 15 is 0 Å². The summed E-state index contributed by atoms with van der Waals surface area (Å²) >= 11 is 0. The smallest absolute Gasteiger partial charge is 0.306 e. The fourth-order valence-corrected chi connectivity index (χ4v) is 5.58. The van der Waals surface area contributed by atoms with Crippen molar-refractivity contribution in [2.75, 3.05) is 13.7 Å². The molecule has 3 heterocycles.